The fourth-order valence-electron chi connectivity index (χ4n) is 4.16. The average molecular weight is 445 g/mol. The number of carboxylic acids is 1. The second kappa shape index (κ2) is 14.2. The normalized spacial score (nSPS) is 15.2. The molecule has 0 bridgehead atoms. The second-order valence-corrected chi connectivity index (χ2v) is 10.0. The summed E-state index contributed by atoms with van der Waals surface area (Å²) in [7, 11) is -0.872. The number of hydrogen-bond donors (Lipinski definition) is 2. The minimum atomic E-state index is -0.872. The van der Waals surface area contributed by atoms with Gasteiger partial charge in [0.2, 0.25) is 0 Å². The molecule has 2 N–H and O–H groups in total. The van der Waals surface area contributed by atoms with Crippen LogP contribution < -0.4 is 0 Å². The summed E-state index contributed by atoms with van der Waals surface area (Å²) >= 11 is 0. The predicted octanol–water partition coefficient (Wildman–Crippen LogP) is 5.36. The molecule has 2 rings (SSSR count). The van der Waals surface area contributed by atoms with E-state index in [0.29, 0.717) is 17.9 Å². The molecule has 4 unspecified atom stereocenters. The number of rotatable bonds is 15. The van der Waals surface area contributed by atoms with Crippen molar-refractivity contribution in [2.24, 2.45) is 5.92 Å². The minimum Gasteiger partial charge on any atom is -0.481 e. The Morgan fingerprint density at radius 1 is 0.871 bits per heavy atom. The van der Waals surface area contributed by atoms with Crippen LogP contribution in [0, 0.1) is 5.92 Å². The molecule has 0 radical (unpaired) electrons. The van der Waals surface area contributed by atoms with Crippen molar-refractivity contribution in [2.75, 3.05) is 18.1 Å². The number of aliphatic hydroxyl groups excluding tert-OH is 1. The van der Waals surface area contributed by atoms with Gasteiger partial charge in [-0.3, -0.25) is 9.00 Å². The largest absolute Gasteiger partial charge is 0.481 e. The first-order valence-electron chi connectivity index (χ1n) is 11.3. The Balaban J connectivity index is 1.78. The topological polar surface area (TPSA) is 74.6 Å². The van der Waals surface area contributed by atoms with Crippen LogP contribution in [0.4, 0.5) is 0 Å². The van der Waals surface area contributed by atoms with Crippen molar-refractivity contribution in [1.82, 2.24) is 0 Å². The smallest absolute Gasteiger partial charge is 0.303 e. The number of aliphatic hydroxyl groups is 1. The minimum absolute atomic E-state index is 0.153. The highest BCUT2D eigenvalue weighted by Gasteiger charge is 2.19. The zero-order chi connectivity index (χ0) is 22.5. The Kier molecular flexibility index (Phi) is 11.5. The highest BCUT2D eigenvalue weighted by molar-refractivity contribution is 7.84. The Hall–Kier alpha value is -1.98. The van der Waals surface area contributed by atoms with E-state index in [0.717, 1.165) is 25.7 Å². The van der Waals surface area contributed by atoms with Crippen molar-refractivity contribution in [2.45, 2.75) is 57.3 Å². The van der Waals surface area contributed by atoms with Gasteiger partial charge in [-0.05, 0) is 61.0 Å². The molecule has 31 heavy (non-hydrogen) atoms. The van der Waals surface area contributed by atoms with Crippen molar-refractivity contribution in [3.8, 4) is 0 Å². The number of carbonyl (C=O) groups is 1. The molecule has 2 aromatic carbocycles. The SMILES string of the molecule is CC(CO)C(CCCS(=O)CCCC(CCC(=O)O)c1ccccc1)c1ccccc1. The van der Waals surface area contributed by atoms with Gasteiger partial charge in [0, 0.05) is 35.3 Å². The van der Waals surface area contributed by atoms with E-state index in [-0.39, 0.29) is 30.8 Å². The van der Waals surface area contributed by atoms with Gasteiger partial charge >= 0.3 is 5.97 Å². The van der Waals surface area contributed by atoms with Gasteiger partial charge in [0.1, 0.15) is 0 Å². The molecule has 0 aliphatic heterocycles. The lowest BCUT2D eigenvalue weighted by Gasteiger charge is -2.23. The zero-order valence-corrected chi connectivity index (χ0v) is 19.3. The third-order valence-electron chi connectivity index (χ3n) is 5.99. The maximum atomic E-state index is 12.6. The molecule has 0 amide bonds. The predicted molar refractivity (Wildman–Crippen MR) is 128 cm³/mol. The van der Waals surface area contributed by atoms with Gasteiger partial charge in [-0.2, -0.15) is 0 Å². The molecular formula is C26H36O4S. The molecule has 0 fully saturated rings. The van der Waals surface area contributed by atoms with Crippen LogP contribution in [-0.2, 0) is 15.6 Å². The lowest BCUT2D eigenvalue weighted by Crippen LogP contribution is -2.15. The van der Waals surface area contributed by atoms with Crippen LogP contribution in [0.2, 0.25) is 0 Å². The van der Waals surface area contributed by atoms with Crippen LogP contribution in [0.5, 0.6) is 0 Å². The van der Waals surface area contributed by atoms with Crippen molar-refractivity contribution in [3.05, 3.63) is 71.8 Å². The first kappa shape index (κ1) is 25.3. The monoisotopic (exact) mass is 444 g/mol. The van der Waals surface area contributed by atoms with Crippen LogP contribution in [0.15, 0.2) is 60.7 Å². The van der Waals surface area contributed by atoms with Gasteiger partial charge < -0.3 is 10.2 Å². The van der Waals surface area contributed by atoms with Crippen LogP contribution in [0.3, 0.4) is 0 Å². The molecule has 5 heteroatoms. The Morgan fingerprint density at radius 2 is 1.42 bits per heavy atom. The van der Waals surface area contributed by atoms with Gasteiger partial charge in [0.25, 0.3) is 0 Å². The summed E-state index contributed by atoms with van der Waals surface area (Å²) in [6.45, 7) is 2.22. The van der Waals surface area contributed by atoms with Crippen LogP contribution >= 0.6 is 0 Å². The molecule has 4 atom stereocenters. The lowest BCUT2D eigenvalue weighted by molar-refractivity contribution is -0.137. The van der Waals surface area contributed by atoms with Gasteiger partial charge in [-0.1, -0.05) is 67.6 Å². The third kappa shape index (κ3) is 9.36. The van der Waals surface area contributed by atoms with E-state index in [9.17, 15) is 14.1 Å². The van der Waals surface area contributed by atoms with Crippen molar-refractivity contribution in [1.29, 1.82) is 0 Å². The second-order valence-electron chi connectivity index (χ2n) is 8.35. The number of aliphatic carboxylic acids is 1. The molecule has 0 saturated carbocycles. The maximum absolute atomic E-state index is 12.6. The Bertz CT molecular complexity index is 779. The highest BCUT2D eigenvalue weighted by Crippen LogP contribution is 2.29. The first-order valence-corrected chi connectivity index (χ1v) is 12.8. The summed E-state index contributed by atoms with van der Waals surface area (Å²) < 4.78 is 12.6. The maximum Gasteiger partial charge on any atom is 0.303 e. The van der Waals surface area contributed by atoms with E-state index in [2.05, 4.69) is 31.2 Å². The van der Waals surface area contributed by atoms with Crippen LogP contribution in [-0.4, -0.2) is 38.5 Å². The summed E-state index contributed by atoms with van der Waals surface area (Å²) in [5, 5.41) is 18.7. The van der Waals surface area contributed by atoms with E-state index in [1.807, 2.05) is 36.4 Å². The molecule has 0 aliphatic carbocycles. The number of carboxylic acid groups (broad SMARTS) is 1. The fourth-order valence-corrected chi connectivity index (χ4v) is 5.35. The van der Waals surface area contributed by atoms with Gasteiger partial charge in [-0.15, -0.1) is 0 Å². The summed E-state index contributed by atoms with van der Waals surface area (Å²) in [6, 6.07) is 20.3. The van der Waals surface area contributed by atoms with Crippen molar-refractivity contribution >= 4 is 16.8 Å². The summed E-state index contributed by atoms with van der Waals surface area (Å²) in [5.41, 5.74) is 2.40. The van der Waals surface area contributed by atoms with Gasteiger partial charge in [0.15, 0.2) is 0 Å². The highest BCUT2D eigenvalue weighted by atomic mass is 32.2. The van der Waals surface area contributed by atoms with E-state index in [1.165, 1.54) is 11.1 Å². The van der Waals surface area contributed by atoms with Gasteiger partial charge in [0.05, 0.1) is 0 Å². The summed E-state index contributed by atoms with van der Waals surface area (Å²) in [4.78, 5) is 11.0. The van der Waals surface area contributed by atoms with E-state index in [1.54, 1.807) is 0 Å². The third-order valence-corrected chi connectivity index (χ3v) is 7.48. The molecule has 170 valence electrons. The average Bonchev–Trinajstić information content (AvgIpc) is 2.79. The van der Waals surface area contributed by atoms with E-state index in [4.69, 9.17) is 5.11 Å². The Morgan fingerprint density at radius 3 is 1.97 bits per heavy atom. The van der Waals surface area contributed by atoms with E-state index >= 15 is 0 Å². The van der Waals surface area contributed by atoms with Crippen molar-refractivity contribution < 1.29 is 19.2 Å². The molecule has 0 saturated heterocycles. The molecule has 0 aromatic heterocycles. The molecule has 4 nitrogen and oxygen atoms in total. The Labute approximate surface area is 189 Å². The summed E-state index contributed by atoms with van der Waals surface area (Å²) in [5.74, 6) is 1.21. The van der Waals surface area contributed by atoms with Crippen LogP contribution in [0.1, 0.15) is 68.4 Å². The van der Waals surface area contributed by atoms with Gasteiger partial charge in [-0.25, -0.2) is 0 Å². The van der Waals surface area contributed by atoms with Crippen molar-refractivity contribution in [3.63, 3.8) is 0 Å². The molecule has 2 aromatic rings. The van der Waals surface area contributed by atoms with E-state index < -0.39 is 16.8 Å². The molecule has 0 aliphatic rings. The zero-order valence-electron chi connectivity index (χ0n) is 18.5. The fraction of sp³-hybridized carbons (Fsp3) is 0.500. The number of hydrogen-bond acceptors (Lipinski definition) is 3. The standard InChI is InChI=1S/C26H36O4S/c1-21(20-27)25(24-12-6-3-7-13-24)15-9-19-31(30)18-8-14-23(16-17-26(28)29)22-10-4-2-5-11-22/h2-7,10-13,21,23,25,27H,8-9,14-20H2,1H3,(H,28,29). The van der Waals surface area contributed by atoms with Crippen LogP contribution in [0.25, 0.3) is 0 Å². The summed E-state index contributed by atoms with van der Waals surface area (Å²) in [6.07, 6.45) is 4.26. The first-order chi connectivity index (χ1) is 15.0. The molecule has 0 spiro atoms. The molecular weight excluding hydrogens is 408 g/mol. The molecule has 0 heterocycles. The lowest BCUT2D eigenvalue weighted by atomic mass is 9.84. The quantitative estimate of drug-likeness (QED) is 0.388. The number of benzene rings is 2.